The van der Waals surface area contributed by atoms with Crippen molar-refractivity contribution in [3.8, 4) is 0 Å². The Morgan fingerprint density at radius 2 is 0.952 bits per heavy atom. The first-order valence-corrected chi connectivity index (χ1v) is 8.79. The average molecular weight is 301 g/mol. The monoisotopic (exact) mass is 300 g/mol. The summed E-state index contributed by atoms with van der Waals surface area (Å²) in [6.07, 6.45) is 5.15. The molecule has 0 aliphatic carbocycles. The van der Waals surface area contributed by atoms with Crippen molar-refractivity contribution in [1.82, 2.24) is 0 Å². The molecule has 0 aliphatic heterocycles. The van der Waals surface area contributed by atoms with E-state index in [-0.39, 0.29) is 10.8 Å². The predicted molar refractivity (Wildman–Crippen MR) is 92.4 cm³/mol. The van der Waals surface area contributed by atoms with Crippen molar-refractivity contribution in [3.05, 3.63) is 0 Å². The van der Waals surface area contributed by atoms with E-state index in [0.717, 1.165) is 38.5 Å². The molecular weight excluding hydrogens is 260 g/mol. The van der Waals surface area contributed by atoms with Gasteiger partial charge in [0, 0.05) is 5.41 Å². The zero-order valence-corrected chi connectivity index (χ0v) is 15.8. The van der Waals surface area contributed by atoms with Crippen LogP contribution < -0.4 is 0 Å². The van der Waals surface area contributed by atoms with Crippen LogP contribution >= 0.6 is 0 Å². The topological polar surface area (TPSA) is 40.5 Å². The van der Waals surface area contributed by atoms with Gasteiger partial charge in [-0.05, 0) is 23.7 Å². The first-order valence-electron chi connectivity index (χ1n) is 8.79. The third-order valence-electron chi connectivity index (χ3n) is 4.72. The van der Waals surface area contributed by atoms with E-state index < -0.39 is 17.6 Å². The van der Waals surface area contributed by atoms with Crippen LogP contribution in [0, 0.1) is 16.2 Å². The smallest absolute Gasteiger partial charge is 0.0669 e. The van der Waals surface area contributed by atoms with Gasteiger partial charge in [-0.1, -0.05) is 81.1 Å². The lowest BCUT2D eigenvalue weighted by molar-refractivity contribution is -0.156. The minimum absolute atomic E-state index is 0.215. The summed E-state index contributed by atoms with van der Waals surface area (Å²) in [5.74, 6) is 0. The van der Waals surface area contributed by atoms with Crippen LogP contribution in [0.4, 0.5) is 0 Å². The highest BCUT2D eigenvalue weighted by atomic mass is 16.3. The van der Waals surface area contributed by atoms with E-state index in [1.54, 1.807) is 0 Å². The molecule has 0 saturated carbocycles. The number of aliphatic hydroxyl groups is 2. The third kappa shape index (κ3) is 5.56. The highest BCUT2D eigenvalue weighted by Gasteiger charge is 2.51. The lowest BCUT2D eigenvalue weighted by Gasteiger charge is -2.51. The number of rotatable bonds is 8. The van der Waals surface area contributed by atoms with E-state index in [4.69, 9.17) is 0 Å². The first kappa shape index (κ1) is 20.9. The van der Waals surface area contributed by atoms with Crippen molar-refractivity contribution in [3.63, 3.8) is 0 Å². The van der Waals surface area contributed by atoms with Crippen molar-refractivity contribution < 1.29 is 10.2 Å². The van der Waals surface area contributed by atoms with Crippen molar-refractivity contribution in [2.24, 2.45) is 16.2 Å². The lowest BCUT2D eigenvalue weighted by atomic mass is 9.58. The Labute approximate surface area is 133 Å². The van der Waals surface area contributed by atoms with Gasteiger partial charge in [0.15, 0.2) is 0 Å². The average Bonchev–Trinajstić information content (AvgIpc) is 2.36. The highest BCUT2D eigenvalue weighted by Crippen LogP contribution is 2.49. The minimum atomic E-state index is -0.489. The molecule has 128 valence electrons. The quantitative estimate of drug-likeness (QED) is 0.649. The Kier molecular flexibility index (Phi) is 7.94. The van der Waals surface area contributed by atoms with Gasteiger partial charge in [0.25, 0.3) is 0 Å². The van der Waals surface area contributed by atoms with Crippen molar-refractivity contribution in [2.45, 2.75) is 106 Å². The lowest BCUT2D eigenvalue weighted by Crippen LogP contribution is -2.55. The number of aliphatic hydroxyl groups excluding tert-OH is 2. The molecule has 0 spiro atoms. The molecule has 0 aromatic rings. The highest BCUT2D eigenvalue weighted by molar-refractivity contribution is 5.00. The maximum Gasteiger partial charge on any atom is 0.0669 e. The second-order valence-corrected chi connectivity index (χ2v) is 8.98. The van der Waals surface area contributed by atoms with Gasteiger partial charge in [-0.3, -0.25) is 0 Å². The van der Waals surface area contributed by atoms with Crippen LogP contribution in [0.1, 0.15) is 93.9 Å². The molecular formula is C19H40O2. The van der Waals surface area contributed by atoms with E-state index in [1.165, 1.54) is 0 Å². The summed E-state index contributed by atoms with van der Waals surface area (Å²) >= 11 is 0. The van der Waals surface area contributed by atoms with Gasteiger partial charge in [-0.15, -0.1) is 0 Å². The zero-order chi connectivity index (χ0) is 16.9. The summed E-state index contributed by atoms with van der Waals surface area (Å²) in [4.78, 5) is 0. The van der Waals surface area contributed by atoms with Gasteiger partial charge < -0.3 is 10.2 Å². The fourth-order valence-corrected chi connectivity index (χ4v) is 3.56. The fraction of sp³-hybridized carbons (Fsp3) is 1.00. The number of hydrogen-bond donors (Lipinski definition) is 2. The molecule has 0 aliphatic rings. The minimum Gasteiger partial charge on any atom is -0.392 e. The van der Waals surface area contributed by atoms with Crippen LogP contribution in [0.5, 0.6) is 0 Å². The predicted octanol–water partition coefficient (Wildman–Crippen LogP) is 5.17. The standard InChI is InChI=1S/C19H40O2/c1-9-11-13-19(14-12-10-2,15(20)17(3,4)5)16(21)18(6,7)8/h15-16,20-21H,9-14H2,1-8H3. The Morgan fingerprint density at radius 3 is 1.14 bits per heavy atom. The van der Waals surface area contributed by atoms with Crippen LogP contribution in [0.25, 0.3) is 0 Å². The maximum absolute atomic E-state index is 11.1. The van der Waals surface area contributed by atoms with Crippen molar-refractivity contribution in [2.75, 3.05) is 0 Å². The van der Waals surface area contributed by atoms with Gasteiger partial charge in [-0.2, -0.15) is 0 Å². The van der Waals surface area contributed by atoms with Gasteiger partial charge in [0.05, 0.1) is 12.2 Å². The molecule has 21 heavy (non-hydrogen) atoms. The molecule has 0 saturated heterocycles. The number of unbranched alkanes of at least 4 members (excludes halogenated alkanes) is 2. The van der Waals surface area contributed by atoms with E-state index in [0.29, 0.717) is 0 Å². The molecule has 0 amide bonds. The zero-order valence-electron chi connectivity index (χ0n) is 15.8. The van der Waals surface area contributed by atoms with Gasteiger partial charge >= 0.3 is 0 Å². The van der Waals surface area contributed by atoms with Crippen molar-refractivity contribution in [1.29, 1.82) is 0 Å². The summed E-state index contributed by atoms with van der Waals surface area (Å²) in [6.45, 7) is 16.9. The molecule has 2 N–H and O–H groups in total. The largest absolute Gasteiger partial charge is 0.392 e. The Balaban J connectivity index is 5.72. The number of hydrogen-bond acceptors (Lipinski definition) is 2. The molecule has 0 rings (SSSR count). The Morgan fingerprint density at radius 1 is 0.667 bits per heavy atom. The molecule has 2 heteroatoms. The maximum atomic E-state index is 11.1. The summed E-state index contributed by atoms with van der Waals surface area (Å²) in [5.41, 5.74) is -0.829. The van der Waals surface area contributed by atoms with E-state index in [9.17, 15) is 10.2 Å². The van der Waals surface area contributed by atoms with E-state index in [2.05, 4.69) is 55.4 Å². The Hall–Kier alpha value is -0.0800. The van der Waals surface area contributed by atoms with E-state index in [1.807, 2.05) is 0 Å². The van der Waals surface area contributed by atoms with Gasteiger partial charge in [-0.25, -0.2) is 0 Å². The second-order valence-electron chi connectivity index (χ2n) is 8.98. The molecule has 0 fully saturated rings. The van der Waals surface area contributed by atoms with Gasteiger partial charge in [0.1, 0.15) is 0 Å². The molecule has 0 heterocycles. The molecule has 2 nitrogen and oxygen atoms in total. The molecule has 2 atom stereocenters. The summed E-state index contributed by atoms with van der Waals surface area (Å²) in [5, 5.41) is 22.2. The van der Waals surface area contributed by atoms with Crippen LogP contribution in [0.15, 0.2) is 0 Å². The summed E-state index contributed by atoms with van der Waals surface area (Å²) in [6, 6.07) is 0. The summed E-state index contributed by atoms with van der Waals surface area (Å²) < 4.78 is 0. The molecule has 2 unspecified atom stereocenters. The third-order valence-corrected chi connectivity index (χ3v) is 4.72. The van der Waals surface area contributed by atoms with Crippen LogP contribution in [0.2, 0.25) is 0 Å². The van der Waals surface area contributed by atoms with Crippen molar-refractivity contribution >= 4 is 0 Å². The van der Waals surface area contributed by atoms with Crippen LogP contribution in [0.3, 0.4) is 0 Å². The van der Waals surface area contributed by atoms with Crippen LogP contribution in [-0.2, 0) is 0 Å². The molecule has 0 radical (unpaired) electrons. The SMILES string of the molecule is CCCCC(CCCC)(C(O)C(C)(C)C)C(O)C(C)(C)C. The molecule has 0 aromatic carbocycles. The molecule has 0 aromatic heterocycles. The van der Waals surface area contributed by atoms with Gasteiger partial charge in [0.2, 0.25) is 0 Å². The van der Waals surface area contributed by atoms with Crippen LogP contribution in [-0.4, -0.2) is 22.4 Å². The fourth-order valence-electron chi connectivity index (χ4n) is 3.56. The first-order chi connectivity index (χ1) is 9.43. The normalized spacial score (nSPS) is 16.9. The Bertz CT molecular complexity index is 253. The molecule has 0 bridgehead atoms. The van der Waals surface area contributed by atoms with E-state index >= 15 is 0 Å². The second kappa shape index (κ2) is 7.97. The summed E-state index contributed by atoms with van der Waals surface area (Å²) in [7, 11) is 0.